The van der Waals surface area contributed by atoms with Gasteiger partial charge in [-0.2, -0.15) is 5.26 Å². The molecule has 2 aliphatic rings. The lowest BCUT2D eigenvalue weighted by atomic mass is 9.96. The summed E-state index contributed by atoms with van der Waals surface area (Å²) >= 11 is 0. The number of nitriles is 1. The molecule has 1 aliphatic heterocycles. The Morgan fingerprint density at radius 1 is 1.24 bits per heavy atom. The van der Waals surface area contributed by atoms with E-state index in [-0.39, 0.29) is 5.78 Å². The first kappa shape index (κ1) is 10.2. The second-order valence-electron chi connectivity index (χ2n) is 4.38. The molecule has 0 N–H and O–H groups in total. The summed E-state index contributed by atoms with van der Waals surface area (Å²) in [6.45, 7) is 1.02. The summed E-state index contributed by atoms with van der Waals surface area (Å²) in [6, 6.07) is 7.22. The van der Waals surface area contributed by atoms with Gasteiger partial charge in [0.1, 0.15) is 18.6 Å². The first-order chi connectivity index (χ1) is 8.25. The highest BCUT2D eigenvalue weighted by Crippen LogP contribution is 2.48. The minimum absolute atomic E-state index is 0.100. The van der Waals surface area contributed by atoms with Crippen LogP contribution < -0.4 is 9.47 Å². The van der Waals surface area contributed by atoms with E-state index in [9.17, 15) is 4.79 Å². The molecule has 0 unspecified atom stereocenters. The van der Waals surface area contributed by atoms with Gasteiger partial charge in [0.2, 0.25) is 0 Å². The molecule has 3 rings (SSSR count). The maximum atomic E-state index is 12.1. The van der Waals surface area contributed by atoms with Crippen molar-refractivity contribution >= 4 is 5.78 Å². The molecule has 4 heteroatoms. The third-order valence-corrected chi connectivity index (χ3v) is 3.20. The predicted octanol–water partition coefficient (Wildman–Crippen LogP) is 1.94. The Kier molecular flexibility index (Phi) is 2.08. The Bertz CT molecular complexity index is 526. The molecule has 0 amide bonds. The average Bonchev–Trinajstić information content (AvgIpc) is 3.18. The predicted molar refractivity (Wildman–Crippen MR) is 59.0 cm³/mol. The summed E-state index contributed by atoms with van der Waals surface area (Å²) < 4.78 is 10.8. The van der Waals surface area contributed by atoms with Gasteiger partial charge in [0.05, 0.1) is 6.07 Å². The Labute approximate surface area is 98.8 Å². The zero-order valence-electron chi connectivity index (χ0n) is 9.23. The molecule has 4 nitrogen and oxygen atoms in total. The molecule has 0 bridgehead atoms. The molecule has 1 heterocycles. The van der Waals surface area contributed by atoms with E-state index >= 15 is 0 Å². The fourth-order valence-corrected chi connectivity index (χ4v) is 1.98. The molecule has 86 valence electrons. The maximum absolute atomic E-state index is 12.1. The molecular weight excluding hydrogens is 218 g/mol. The molecule has 0 radical (unpaired) electrons. The van der Waals surface area contributed by atoms with Crippen LogP contribution in [0.1, 0.15) is 23.2 Å². The standard InChI is InChI=1S/C13H11NO3/c14-8-13(3-4-13)12(15)9-1-2-10-11(7-9)17-6-5-16-10/h1-2,7H,3-6H2. The highest BCUT2D eigenvalue weighted by atomic mass is 16.6. The van der Waals surface area contributed by atoms with Crippen LogP contribution in [-0.4, -0.2) is 19.0 Å². The first-order valence-corrected chi connectivity index (χ1v) is 5.61. The zero-order valence-corrected chi connectivity index (χ0v) is 9.23. The lowest BCUT2D eigenvalue weighted by Gasteiger charge is -2.18. The first-order valence-electron chi connectivity index (χ1n) is 5.61. The molecular formula is C13H11NO3. The van der Waals surface area contributed by atoms with E-state index in [1.165, 1.54) is 0 Å². The van der Waals surface area contributed by atoms with Crippen LogP contribution in [0.25, 0.3) is 0 Å². The van der Waals surface area contributed by atoms with Crippen LogP contribution in [0.4, 0.5) is 0 Å². The van der Waals surface area contributed by atoms with Crippen LogP contribution in [0, 0.1) is 16.7 Å². The number of hydrogen-bond acceptors (Lipinski definition) is 4. The van der Waals surface area contributed by atoms with E-state index in [1.807, 2.05) is 0 Å². The van der Waals surface area contributed by atoms with Crippen molar-refractivity contribution in [2.75, 3.05) is 13.2 Å². The Hall–Kier alpha value is -2.02. The Morgan fingerprint density at radius 3 is 2.59 bits per heavy atom. The summed E-state index contributed by atoms with van der Waals surface area (Å²) in [7, 11) is 0. The van der Waals surface area contributed by atoms with E-state index in [0.717, 1.165) is 0 Å². The van der Waals surface area contributed by atoms with Crippen molar-refractivity contribution in [3.8, 4) is 17.6 Å². The van der Waals surface area contributed by atoms with Gasteiger partial charge in [0.15, 0.2) is 17.3 Å². The molecule has 1 aliphatic carbocycles. The number of nitrogens with zero attached hydrogens (tertiary/aromatic N) is 1. The number of carbonyl (C=O) groups is 1. The highest BCUT2D eigenvalue weighted by molar-refractivity contribution is 6.04. The maximum Gasteiger partial charge on any atom is 0.183 e. The van der Waals surface area contributed by atoms with E-state index in [0.29, 0.717) is 43.1 Å². The number of hydrogen-bond donors (Lipinski definition) is 0. The van der Waals surface area contributed by atoms with Crippen LogP contribution in [-0.2, 0) is 0 Å². The lowest BCUT2D eigenvalue weighted by Crippen LogP contribution is -2.17. The summed E-state index contributed by atoms with van der Waals surface area (Å²) in [5.74, 6) is 1.16. The number of ketones is 1. The van der Waals surface area contributed by atoms with Crippen LogP contribution >= 0.6 is 0 Å². The third-order valence-electron chi connectivity index (χ3n) is 3.20. The van der Waals surface area contributed by atoms with Gasteiger partial charge >= 0.3 is 0 Å². The summed E-state index contributed by atoms with van der Waals surface area (Å²) in [5, 5.41) is 9.00. The molecule has 17 heavy (non-hydrogen) atoms. The van der Waals surface area contributed by atoms with Crippen molar-refractivity contribution < 1.29 is 14.3 Å². The Balaban J connectivity index is 1.94. The SMILES string of the molecule is N#CC1(C(=O)c2ccc3c(c2)OCCO3)CC1. The van der Waals surface area contributed by atoms with Crippen LogP contribution in [0.5, 0.6) is 11.5 Å². The summed E-state index contributed by atoms with van der Waals surface area (Å²) in [4.78, 5) is 12.1. The van der Waals surface area contributed by atoms with E-state index in [1.54, 1.807) is 18.2 Å². The van der Waals surface area contributed by atoms with Crippen molar-refractivity contribution in [1.82, 2.24) is 0 Å². The monoisotopic (exact) mass is 229 g/mol. The fraction of sp³-hybridized carbons (Fsp3) is 0.385. The van der Waals surface area contributed by atoms with Crippen LogP contribution in [0.15, 0.2) is 18.2 Å². The van der Waals surface area contributed by atoms with Crippen LogP contribution in [0.3, 0.4) is 0 Å². The van der Waals surface area contributed by atoms with Gasteiger partial charge in [-0.1, -0.05) is 0 Å². The van der Waals surface area contributed by atoms with Crippen molar-refractivity contribution in [2.45, 2.75) is 12.8 Å². The summed E-state index contributed by atoms with van der Waals surface area (Å²) in [5.41, 5.74) is -0.239. The lowest BCUT2D eigenvalue weighted by molar-refractivity contribution is 0.0933. The molecule has 1 saturated carbocycles. The number of carbonyl (C=O) groups excluding carboxylic acids is 1. The van der Waals surface area contributed by atoms with Crippen molar-refractivity contribution in [3.05, 3.63) is 23.8 Å². The normalized spacial score (nSPS) is 19.2. The number of Topliss-reactive ketones (excluding diaryl/α,β-unsaturated/α-hetero) is 1. The van der Waals surface area contributed by atoms with Gasteiger partial charge in [0, 0.05) is 5.56 Å². The van der Waals surface area contributed by atoms with Crippen molar-refractivity contribution in [2.24, 2.45) is 5.41 Å². The number of benzene rings is 1. The second-order valence-corrected chi connectivity index (χ2v) is 4.38. The van der Waals surface area contributed by atoms with E-state index in [4.69, 9.17) is 14.7 Å². The van der Waals surface area contributed by atoms with Gasteiger partial charge in [-0.15, -0.1) is 0 Å². The smallest absolute Gasteiger partial charge is 0.183 e. The quantitative estimate of drug-likeness (QED) is 0.727. The zero-order chi connectivity index (χ0) is 11.9. The fourth-order valence-electron chi connectivity index (χ4n) is 1.98. The molecule has 0 spiro atoms. The number of rotatable bonds is 2. The number of ether oxygens (including phenoxy) is 2. The molecule has 1 fully saturated rings. The van der Waals surface area contributed by atoms with Crippen molar-refractivity contribution in [1.29, 1.82) is 5.26 Å². The van der Waals surface area contributed by atoms with E-state index < -0.39 is 5.41 Å². The second kappa shape index (κ2) is 3.49. The third kappa shape index (κ3) is 1.55. The molecule has 1 aromatic carbocycles. The molecule has 0 saturated heterocycles. The van der Waals surface area contributed by atoms with Crippen molar-refractivity contribution in [3.63, 3.8) is 0 Å². The molecule has 0 atom stereocenters. The van der Waals surface area contributed by atoms with E-state index in [2.05, 4.69) is 6.07 Å². The van der Waals surface area contributed by atoms with Gasteiger partial charge in [-0.05, 0) is 31.0 Å². The highest BCUT2D eigenvalue weighted by Gasteiger charge is 2.50. The minimum atomic E-state index is -0.774. The minimum Gasteiger partial charge on any atom is -0.486 e. The van der Waals surface area contributed by atoms with Gasteiger partial charge in [-0.3, -0.25) is 4.79 Å². The van der Waals surface area contributed by atoms with Crippen LogP contribution in [0.2, 0.25) is 0 Å². The largest absolute Gasteiger partial charge is 0.486 e. The molecule has 0 aromatic heterocycles. The summed E-state index contributed by atoms with van der Waals surface area (Å²) in [6.07, 6.45) is 1.33. The molecule has 1 aromatic rings. The van der Waals surface area contributed by atoms with Gasteiger partial charge < -0.3 is 9.47 Å². The number of fused-ring (bicyclic) bond motifs is 1. The topological polar surface area (TPSA) is 59.3 Å². The van der Waals surface area contributed by atoms with Gasteiger partial charge in [0.25, 0.3) is 0 Å². The Morgan fingerprint density at radius 2 is 1.94 bits per heavy atom. The average molecular weight is 229 g/mol. The van der Waals surface area contributed by atoms with Gasteiger partial charge in [-0.25, -0.2) is 0 Å².